The minimum absolute atomic E-state index is 0.154. The largest absolute Gasteiger partial charge is 0.496 e. The van der Waals surface area contributed by atoms with Crippen molar-refractivity contribution in [1.82, 2.24) is 14.9 Å². The standard InChI is InChI=1S/C29H32FN5O5/c1-29(2,3)40-28(37)34-13-11-33(12-14-34)23-15-18(38-4)16-24(32-23)35-17-20-19(27(35)36)9-10-31-26(20)25-21(30)7-6-8-22(25)39-5/h6-10,15-16H,11-14,17H2,1-5H3. The maximum Gasteiger partial charge on any atom is 0.410 e. The number of hydrogen-bond donors (Lipinski definition) is 0. The molecular weight excluding hydrogens is 517 g/mol. The molecule has 0 N–H and O–H groups in total. The first-order valence-electron chi connectivity index (χ1n) is 13.0. The molecule has 40 heavy (non-hydrogen) atoms. The second-order valence-electron chi connectivity index (χ2n) is 10.6. The van der Waals surface area contributed by atoms with Crippen molar-refractivity contribution in [3.63, 3.8) is 0 Å². The molecule has 0 aliphatic carbocycles. The van der Waals surface area contributed by atoms with Gasteiger partial charge in [0.1, 0.15) is 34.6 Å². The molecule has 2 aliphatic rings. The van der Waals surface area contributed by atoms with Gasteiger partial charge >= 0.3 is 6.09 Å². The zero-order valence-electron chi connectivity index (χ0n) is 23.2. The summed E-state index contributed by atoms with van der Waals surface area (Å²) < 4.78 is 31.4. The van der Waals surface area contributed by atoms with Crippen LogP contribution in [0.25, 0.3) is 11.3 Å². The van der Waals surface area contributed by atoms with Crippen molar-refractivity contribution in [3.05, 3.63) is 59.5 Å². The van der Waals surface area contributed by atoms with Crippen LogP contribution in [0, 0.1) is 5.82 Å². The molecule has 4 heterocycles. The minimum Gasteiger partial charge on any atom is -0.496 e. The Balaban J connectivity index is 1.42. The van der Waals surface area contributed by atoms with Gasteiger partial charge in [-0.15, -0.1) is 0 Å². The van der Waals surface area contributed by atoms with E-state index in [1.54, 1.807) is 42.3 Å². The predicted octanol–water partition coefficient (Wildman–Crippen LogP) is 4.52. The molecule has 0 bridgehead atoms. The van der Waals surface area contributed by atoms with Crippen molar-refractivity contribution in [2.75, 3.05) is 50.2 Å². The van der Waals surface area contributed by atoms with Gasteiger partial charge in [0, 0.05) is 55.6 Å². The lowest BCUT2D eigenvalue weighted by molar-refractivity contribution is 0.0240. The van der Waals surface area contributed by atoms with Crippen molar-refractivity contribution in [2.45, 2.75) is 32.9 Å². The second kappa shape index (κ2) is 10.6. The number of nitrogens with zero attached hydrogens (tertiary/aromatic N) is 5. The van der Waals surface area contributed by atoms with E-state index in [0.29, 0.717) is 66.1 Å². The van der Waals surface area contributed by atoms with Crippen LogP contribution >= 0.6 is 0 Å². The van der Waals surface area contributed by atoms with E-state index >= 15 is 0 Å². The normalized spacial score (nSPS) is 15.2. The third kappa shape index (κ3) is 5.23. The van der Waals surface area contributed by atoms with Crippen LogP contribution in [0.3, 0.4) is 0 Å². The van der Waals surface area contributed by atoms with Crippen LogP contribution in [0.15, 0.2) is 42.6 Å². The summed E-state index contributed by atoms with van der Waals surface area (Å²) in [6.45, 7) is 7.68. The van der Waals surface area contributed by atoms with Crippen molar-refractivity contribution < 1.29 is 28.2 Å². The number of halogens is 1. The molecule has 1 saturated heterocycles. The summed E-state index contributed by atoms with van der Waals surface area (Å²) in [4.78, 5) is 40.5. The first-order valence-corrected chi connectivity index (χ1v) is 13.0. The van der Waals surface area contributed by atoms with Crippen molar-refractivity contribution >= 4 is 23.6 Å². The van der Waals surface area contributed by atoms with Gasteiger partial charge in [0.25, 0.3) is 5.91 Å². The highest BCUT2D eigenvalue weighted by Gasteiger charge is 2.34. The molecule has 3 aromatic rings. The van der Waals surface area contributed by atoms with Gasteiger partial charge in [0.15, 0.2) is 0 Å². The average molecular weight is 550 g/mol. The van der Waals surface area contributed by atoms with E-state index in [1.807, 2.05) is 25.7 Å². The fourth-order valence-electron chi connectivity index (χ4n) is 4.87. The molecule has 0 atom stereocenters. The zero-order valence-corrected chi connectivity index (χ0v) is 23.2. The van der Waals surface area contributed by atoms with Gasteiger partial charge in [0.2, 0.25) is 0 Å². The summed E-state index contributed by atoms with van der Waals surface area (Å²) in [6.07, 6.45) is 1.15. The molecule has 0 radical (unpaired) electrons. The van der Waals surface area contributed by atoms with Gasteiger partial charge in [-0.2, -0.15) is 0 Å². The number of pyridine rings is 2. The van der Waals surface area contributed by atoms with Crippen molar-refractivity contribution in [3.8, 4) is 22.8 Å². The number of anilines is 2. The lowest BCUT2D eigenvalue weighted by Crippen LogP contribution is -2.50. The first-order chi connectivity index (χ1) is 19.1. The molecule has 210 valence electrons. The summed E-state index contributed by atoms with van der Waals surface area (Å²) in [7, 11) is 3.02. The van der Waals surface area contributed by atoms with Crippen LogP contribution < -0.4 is 19.3 Å². The molecule has 0 saturated carbocycles. The number of benzene rings is 1. The van der Waals surface area contributed by atoms with E-state index < -0.39 is 11.4 Å². The zero-order chi connectivity index (χ0) is 28.6. The summed E-state index contributed by atoms with van der Waals surface area (Å²) in [5, 5.41) is 0. The van der Waals surface area contributed by atoms with E-state index in [9.17, 15) is 14.0 Å². The van der Waals surface area contributed by atoms with Crippen LogP contribution in [0.5, 0.6) is 11.5 Å². The van der Waals surface area contributed by atoms with Crippen LogP contribution in [0.4, 0.5) is 20.8 Å². The molecular formula is C29H32FN5O5. The molecule has 2 aliphatic heterocycles. The predicted molar refractivity (Wildman–Crippen MR) is 148 cm³/mol. The number of hydrogen-bond acceptors (Lipinski definition) is 8. The van der Waals surface area contributed by atoms with E-state index in [4.69, 9.17) is 19.2 Å². The smallest absolute Gasteiger partial charge is 0.410 e. The molecule has 11 heteroatoms. The Kier molecular flexibility index (Phi) is 7.22. The number of rotatable bonds is 5. The minimum atomic E-state index is -0.565. The van der Waals surface area contributed by atoms with Crippen LogP contribution in [0.1, 0.15) is 36.7 Å². The van der Waals surface area contributed by atoms with E-state index in [1.165, 1.54) is 24.3 Å². The molecule has 5 rings (SSSR count). The third-order valence-electron chi connectivity index (χ3n) is 6.82. The Morgan fingerprint density at radius 3 is 2.40 bits per heavy atom. The highest BCUT2D eigenvalue weighted by Crippen LogP contribution is 2.39. The Bertz CT molecular complexity index is 1450. The number of fused-ring (bicyclic) bond motifs is 1. The molecule has 0 unspecified atom stereocenters. The van der Waals surface area contributed by atoms with Crippen LogP contribution in [-0.2, 0) is 11.3 Å². The number of piperazine rings is 1. The Morgan fingerprint density at radius 1 is 1.00 bits per heavy atom. The first kappa shape index (κ1) is 27.2. The topological polar surface area (TPSA) is 97.3 Å². The third-order valence-corrected chi connectivity index (χ3v) is 6.82. The Labute approximate surface area is 232 Å². The monoisotopic (exact) mass is 549 g/mol. The van der Waals surface area contributed by atoms with Crippen LogP contribution in [0.2, 0.25) is 0 Å². The highest BCUT2D eigenvalue weighted by molar-refractivity contribution is 6.10. The highest BCUT2D eigenvalue weighted by atomic mass is 19.1. The van der Waals surface area contributed by atoms with E-state index in [0.717, 1.165) is 0 Å². The van der Waals surface area contributed by atoms with Crippen molar-refractivity contribution in [1.29, 1.82) is 0 Å². The molecule has 2 aromatic heterocycles. The van der Waals surface area contributed by atoms with Gasteiger partial charge in [-0.05, 0) is 39.0 Å². The van der Waals surface area contributed by atoms with Gasteiger partial charge < -0.3 is 24.0 Å². The summed E-state index contributed by atoms with van der Waals surface area (Å²) >= 11 is 0. The Morgan fingerprint density at radius 2 is 1.73 bits per heavy atom. The lowest BCUT2D eigenvalue weighted by atomic mass is 10.0. The SMILES string of the molecule is COc1cc(N2CCN(C(=O)OC(C)(C)C)CC2)nc(N2Cc3c(ccnc3-c3c(F)cccc3OC)C2=O)c1. The fraction of sp³-hybridized carbons (Fsp3) is 0.379. The maximum atomic E-state index is 14.9. The fourth-order valence-corrected chi connectivity index (χ4v) is 4.87. The number of methoxy groups -OCH3 is 2. The molecule has 1 fully saturated rings. The van der Waals surface area contributed by atoms with Crippen LogP contribution in [-0.4, -0.2) is 72.9 Å². The summed E-state index contributed by atoms with van der Waals surface area (Å²) in [5.74, 6) is 1.13. The van der Waals surface area contributed by atoms with E-state index in [-0.39, 0.29) is 24.1 Å². The average Bonchev–Trinajstić information content (AvgIpc) is 3.28. The number of aromatic nitrogens is 2. The number of ether oxygens (including phenoxy) is 3. The lowest BCUT2D eigenvalue weighted by Gasteiger charge is -2.36. The molecule has 0 spiro atoms. The maximum absolute atomic E-state index is 14.9. The van der Waals surface area contributed by atoms with Crippen molar-refractivity contribution in [2.24, 2.45) is 0 Å². The summed E-state index contributed by atoms with van der Waals surface area (Å²) in [5.41, 5.74) is 1.01. The number of carbonyl (C=O) groups is 2. The molecule has 2 amide bonds. The second-order valence-corrected chi connectivity index (χ2v) is 10.6. The van der Waals surface area contributed by atoms with Gasteiger partial charge in [-0.25, -0.2) is 14.2 Å². The number of carbonyl (C=O) groups excluding carboxylic acids is 2. The Hall–Kier alpha value is -4.41. The summed E-state index contributed by atoms with van der Waals surface area (Å²) in [6, 6.07) is 9.69. The molecule has 1 aromatic carbocycles. The molecule has 10 nitrogen and oxygen atoms in total. The van der Waals surface area contributed by atoms with Gasteiger partial charge in [0.05, 0.1) is 32.0 Å². The van der Waals surface area contributed by atoms with Gasteiger partial charge in [-0.1, -0.05) is 6.07 Å². The van der Waals surface area contributed by atoms with E-state index in [2.05, 4.69) is 4.98 Å². The number of amides is 2. The van der Waals surface area contributed by atoms with Gasteiger partial charge in [-0.3, -0.25) is 14.7 Å². The quantitative estimate of drug-likeness (QED) is 0.459.